The van der Waals surface area contributed by atoms with E-state index in [9.17, 15) is 17.6 Å². The van der Waals surface area contributed by atoms with Crippen LogP contribution in [-0.2, 0) is 0 Å². The molecule has 26 heavy (non-hydrogen) atoms. The first kappa shape index (κ1) is 18.5. The Bertz CT molecular complexity index is 927. The van der Waals surface area contributed by atoms with E-state index in [1.807, 2.05) is 0 Å². The highest BCUT2D eigenvalue weighted by atomic mass is 32.1. The lowest BCUT2D eigenvalue weighted by Crippen LogP contribution is -2.04. The molecule has 0 aliphatic carbocycles. The molecular weight excluding hydrogens is 384 g/mol. The lowest BCUT2D eigenvalue weighted by atomic mass is 9.96. The van der Waals surface area contributed by atoms with Crippen molar-refractivity contribution in [1.82, 2.24) is 0 Å². The molecule has 0 unspecified atom stereocenters. The SMILES string of the molecule is Nc1cc(-c2c(F)c(F)c(-c3ccc(S)c(N)c3)c(F)c2F)ccc1S. The van der Waals surface area contributed by atoms with Crippen LogP contribution in [-0.4, -0.2) is 0 Å². The van der Waals surface area contributed by atoms with E-state index in [2.05, 4.69) is 25.3 Å². The number of benzene rings is 3. The zero-order valence-electron chi connectivity index (χ0n) is 13.0. The highest BCUT2D eigenvalue weighted by Crippen LogP contribution is 2.38. The fourth-order valence-corrected chi connectivity index (χ4v) is 2.84. The second-order valence-corrected chi connectivity index (χ2v) is 6.52. The maximum Gasteiger partial charge on any atom is 0.170 e. The molecule has 3 aromatic rings. The Kier molecular flexibility index (Phi) is 4.81. The molecule has 0 saturated carbocycles. The summed E-state index contributed by atoms with van der Waals surface area (Å²) in [5.41, 5.74) is 9.64. The summed E-state index contributed by atoms with van der Waals surface area (Å²) in [5.74, 6) is -6.12. The van der Waals surface area contributed by atoms with Crippen LogP contribution in [0.25, 0.3) is 22.3 Å². The summed E-state index contributed by atoms with van der Waals surface area (Å²) < 4.78 is 58.4. The van der Waals surface area contributed by atoms with Gasteiger partial charge in [0.05, 0.1) is 11.1 Å². The Balaban J connectivity index is 2.28. The van der Waals surface area contributed by atoms with Gasteiger partial charge in [-0.3, -0.25) is 0 Å². The first-order valence-corrected chi connectivity index (χ1v) is 8.15. The summed E-state index contributed by atoms with van der Waals surface area (Å²) in [6.45, 7) is 0. The van der Waals surface area contributed by atoms with Gasteiger partial charge in [-0.1, -0.05) is 12.1 Å². The molecule has 3 rings (SSSR count). The molecular formula is C18H12F4N2S2. The van der Waals surface area contributed by atoms with Crippen molar-refractivity contribution in [2.45, 2.75) is 9.79 Å². The number of nitrogens with two attached hydrogens (primary N) is 2. The van der Waals surface area contributed by atoms with Crippen LogP contribution in [0.4, 0.5) is 28.9 Å². The predicted octanol–water partition coefficient (Wildman–Crippen LogP) is 5.32. The van der Waals surface area contributed by atoms with E-state index in [0.717, 1.165) is 0 Å². The molecule has 0 heterocycles. The summed E-state index contributed by atoms with van der Waals surface area (Å²) in [6.07, 6.45) is 0. The average molecular weight is 396 g/mol. The second-order valence-electron chi connectivity index (χ2n) is 5.55. The summed E-state index contributed by atoms with van der Waals surface area (Å²) in [5, 5.41) is 0. The summed E-state index contributed by atoms with van der Waals surface area (Å²) in [6, 6.07) is 7.68. The molecule has 0 amide bonds. The van der Waals surface area contributed by atoms with Gasteiger partial charge in [0.1, 0.15) is 0 Å². The largest absolute Gasteiger partial charge is 0.398 e. The molecule has 3 aromatic carbocycles. The van der Waals surface area contributed by atoms with E-state index in [-0.39, 0.29) is 22.5 Å². The van der Waals surface area contributed by atoms with Gasteiger partial charge < -0.3 is 11.5 Å². The Morgan fingerprint density at radius 1 is 0.577 bits per heavy atom. The van der Waals surface area contributed by atoms with Gasteiger partial charge in [-0.25, -0.2) is 17.6 Å². The number of rotatable bonds is 2. The zero-order chi connectivity index (χ0) is 19.2. The van der Waals surface area contributed by atoms with Crippen LogP contribution >= 0.6 is 25.3 Å². The molecule has 134 valence electrons. The van der Waals surface area contributed by atoms with Gasteiger partial charge in [-0.05, 0) is 35.4 Å². The van der Waals surface area contributed by atoms with Gasteiger partial charge in [-0.2, -0.15) is 0 Å². The second kappa shape index (κ2) is 6.77. The first-order chi connectivity index (χ1) is 12.2. The molecule has 0 aromatic heterocycles. The third kappa shape index (κ3) is 2.99. The van der Waals surface area contributed by atoms with Crippen molar-refractivity contribution in [2.24, 2.45) is 0 Å². The Hall–Kier alpha value is -2.32. The van der Waals surface area contributed by atoms with E-state index < -0.39 is 34.4 Å². The minimum atomic E-state index is -1.53. The van der Waals surface area contributed by atoms with E-state index in [1.54, 1.807) is 0 Å². The summed E-state index contributed by atoms with van der Waals surface area (Å²) in [7, 11) is 0. The van der Waals surface area contributed by atoms with Crippen molar-refractivity contribution in [3.63, 3.8) is 0 Å². The quantitative estimate of drug-likeness (QED) is 0.205. The van der Waals surface area contributed by atoms with Gasteiger partial charge in [0.25, 0.3) is 0 Å². The molecule has 0 aliphatic rings. The van der Waals surface area contributed by atoms with Crippen molar-refractivity contribution < 1.29 is 17.6 Å². The average Bonchev–Trinajstić information content (AvgIpc) is 2.60. The minimum Gasteiger partial charge on any atom is -0.398 e. The van der Waals surface area contributed by atoms with Crippen LogP contribution in [0, 0.1) is 23.3 Å². The van der Waals surface area contributed by atoms with Crippen molar-refractivity contribution >= 4 is 36.6 Å². The Labute approximate surface area is 157 Å². The number of anilines is 2. The van der Waals surface area contributed by atoms with Crippen LogP contribution in [0.5, 0.6) is 0 Å². The van der Waals surface area contributed by atoms with Crippen LogP contribution in [0.3, 0.4) is 0 Å². The van der Waals surface area contributed by atoms with Crippen LogP contribution in [0.2, 0.25) is 0 Å². The Morgan fingerprint density at radius 3 is 1.15 bits per heavy atom. The maximum atomic E-state index is 14.6. The standard InChI is InChI=1S/C18H12F4N2S2/c19-15-13(7-1-3-11(25)9(23)5-7)16(20)18(22)14(17(15)21)8-2-4-12(26)10(24)6-8/h1-6,25-26H,23-24H2. The van der Waals surface area contributed by atoms with E-state index in [1.165, 1.54) is 36.4 Å². The van der Waals surface area contributed by atoms with Gasteiger partial charge in [0, 0.05) is 21.2 Å². The molecule has 0 fully saturated rings. The van der Waals surface area contributed by atoms with Gasteiger partial charge in [0.15, 0.2) is 23.3 Å². The minimum absolute atomic E-state index is 0.107. The fourth-order valence-electron chi connectivity index (χ4n) is 2.56. The zero-order valence-corrected chi connectivity index (χ0v) is 14.8. The van der Waals surface area contributed by atoms with Crippen LogP contribution in [0.15, 0.2) is 46.2 Å². The van der Waals surface area contributed by atoms with E-state index in [4.69, 9.17) is 11.5 Å². The molecule has 8 heteroatoms. The van der Waals surface area contributed by atoms with Gasteiger partial charge in [0.2, 0.25) is 0 Å². The number of hydrogen-bond acceptors (Lipinski definition) is 4. The molecule has 4 N–H and O–H groups in total. The maximum absolute atomic E-state index is 14.6. The highest BCUT2D eigenvalue weighted by molar-refractivity contribution is 7.80. The van der Waals surface area contributed by atoms with E-state index in [0.29, 0.717) is 9.79 Å². The molecule has 2 nitrogen and oxygen atoms in total. The van der Waals surface area contributed by atoms with Crippen molar-refractivity contribution in [3.05, 3.63) is 59.7 Å². The third-order valence-electron chi connectivity index (χ3n) is 3.90. The first-order valence-electron chi connectivity index (χ1n) is 7.26. The van der Waals surface area contributed by atoms with Crippen LogP contribution in [0.1, 0.15) is 0 Å². The molecule has 0 bridgehead atoms. The number of nitrogen functional groups attached to an aromatic ring is 2. The highest BCUT2D eigenvalue weighted by Gasteiger charge is 2.27. The smallest absolute Gasteiger partial charge is 0.170 e. The Morgan fingerprint density at radius 2 is 0.885 bits per heavy atom. The van der Waals surface area contributed by atoms with Crippen molar-refractivity contribution in [2.75, 3.05) is 11.5 Å². The van der Waals surface area contributed by atoms with E-state index >= 15 is 0 Å². The van der Waals surface area contributed by atoms with Crippen LogP contribution < -0.4 is 11.5 Å². The molecule has 0 saturated heterocycles. The van der Waals surface area contributed by atoms with Gasteiger partial charge in [-0.15, -0.1) is 25.3 Å². The molecule has 0 radical (unpaired) electrons. The lowest BCUT2D eigenvalue weighted by molar-refractivity contribution is 0.463. The van der Waals surface area contributed by atoms with Gasteiger partial charge >= 0.3 is 0 Å². The number of thiol groups is 2. The predicted molar refractivity (Wildman–Crippen MR) is 100 cm³/mol. The van der Waals surface area contributed by atoms with Crippen molar-refractivity contribution in [1.29, 1.82) is 0 Å². The summed E-state index contributed by atoms with van der Waals surface area (Å²) in [4.78, 5) is 0.740. The normalized spacial score (nSPS) is 11.0. The number of hydrogen-bond donors (Lipinski definition) is 4. The monoisotopic (exact) mass is 396 g/mol. The molecule has 0 spiro atoms. The number of halogens is 4. The summed E-state index contributed by atoms with van der Waals surface area (Å²) >= 11 is 8.11. The lowest BCUT2D eigenvalue weighted by Gasteiger charge is -2.14. The van der Waals surface area contributed by atoms with Crippen molar-refractivity contribution in [3.8, 4) is 22.3 Å². The third-order valence-corrected chi connectivity index (χ3v) is 4.71. The fraction of sp³-hybridized carbons (Fsp3) is 0. The molecule has 0 aliphatic heterocycles. The topological polar surface area (TPSA) is 52.0 Å². The molecule has 0 atom stereocenters.